The van der Waals surface area contributed by atoms with Crippen LogP contribution in [0.4, 0.5) is 4.79 Å². The van der Waals surface area contributed by atoms with Gasteiger partial charge in [-0.05, 0) is 37.5 Å². The van der Waals surface area contributed by atoms with Crippen LogP contribution in [0.15, 0.2) is 16.9 Å². The summed E-state index contributed by atoms with van der Waals surface area (Å²) in [5, 5.41) is 2.43. The first kappa shape index (κ1) is 16.4. The maximum Gasteiger partial charge on any atom is 0.325 e. The van der Waals surface area contributed by atoms with Gasteiger partial charge in [-0.2, -0.15) is 0 Å². The van der Waals surface area contributed by atoms with Crippen LogP contribution < -0.4 is 5.32 Å². The molecule has 1 saturated heterocycles. The van der Waals surface area contributed by atoms with E-state index >= 15 is 0 Å². The molecule has 7 heteroatoms. The molecule has 7 nitrogen and oxygen atoms in total. The SMILES string of the molecule is CC1=CN2C(=NC3C2C(=O)NC(=O)N3C)N1C1CC(C)CC(C)(C)C1. The van der Waals surface area contributed by atoms with Gasteiger partial charge in [0.05, 0.1) is 0 Å². The molecule has 0 radical (unpaired) electrons. The molecule has 3 amide bonds. The number of hydrogen-bond donors (Lipinski definition) is 1. The molecule has 1 aliphatic carbocycles. The molecular weight excluding hydrogens is 318 g/mol. The van der Waals surface area contributed by atoms with E-state index in [-0.39, 0.29) is 11.9 Å². The number of carbonyl (C=O) groups excluding carboxylic acids is 2. The van der Waals surface area contributed by atoms with Crippen LogP contribution in [0.3, 0.4) is 0 Å². The van der Waals surface area contributed by atoms with Gasteiger partial charge in [0.2, 0.25) is 5.96 Å². The predicted molar refractivity (Wildman–Crippen MR) is 94.3 cm³/mol. The molecule has 4 atom stereocenters. The number of carbonyl (C=O) groups is 2. The smallest absolute Gasteiger partial charge is 0.312 e. The Labute approximate surface area is 148 Å². The van der Waals surface area contributed by atoms with Crippen LogP contribution in [0, 0.1) is 11.3 Å². The van der Waals surface area contributed by atoms with E-state index in [4.69, 9.17) is 4.99 Å². The van der Waals surface area contributed by atoms with Crippen LogP contribution in [-0.4, -0.2) is 57.9 Å². The lowest BCUT2D eigenvalue weighted by Gasteiger charge is -2.43. The van der Waals surface area contributed by atoms with Crippen molar-refractivity contribution < 1.29 is 9.59 Å². The Morgan fingerprint density at radius 1 is 1.28 bits per heavy atom. The van der Waals surface area contributed by atoms with Gasteiger partial charge in [-0.25, -0.2) is 9.79 Å². The number of hydrogen-bond acceptors (Lipinski definition) is 5. The number of imide groups is 1. The summed E-state index contributed by atoms with van der Waals surface area (Å²) < 4.78 is 0. The molecule has 1 N–H and O–H groups in total. The zero-order valence-electron chi connectivity index (χ0n) is 15.6. The average Bonchev–Trinajstić information content (AvgIpc) is 2.97. The van der Waals surface area contributed by atoms with Crippen LogP contribution in [0.2, 0.25) is 0 Å². The Morgan fingerprint density at radius 2 is 2.00 bits per heavy atom. The van der Waals surface area contributed by atoms with Crippen LogP contribution in [0.1, 0.15) is 47.0 Å². The van der Waals surface area contributed by atoms with Gasteiger partial charge in [-0.15, -0.1) is 0 Å². The van der Waals surface area contributed by atoms with Gasteiger partial charge in [-0.3, -0.25) is 10.1 Å². The zero-order valence-corrected chi connectivity index (χ0v) is 15.6. The second-order valence-corrected chi connectivity index (χ2v) is 8.81. The molecular formula is C18H27N5O2. The highest BCUT2D eigenvalue weighted by atomic mass is 16.2. The summed E-state index contributed by atoms with van der Waals surface area (Å²) in [5.41, 5.74) is 1.42. The molecule has 0 aromatic rings. The predicted octanol–water partition coefficient (Wildman–Crippen LogP) is 1.93. The third-order valence-corrected chi connectivity index (χ3v) is 5.93. The molecule has 3 heterocycles. The fourth-order valence-electron chi connectivity index (χ4n) is 5.16. The lowest BCUT2D eigenvalue weighted by molar-refractivity contribution is -0.126. The first-order valence-corrected chi connectivity index (χ1v) is 9.09. The summed E-state index contributed by atoms with van der Waals surface area (Å²) in [6, 6.07) is -0.467. The van der Waals surface area contributed by atoms with E-state index in [1.165, 1.54) is 11.3 Å². The summed E-state index contributed by atoms with van der Waals surface area (Å²) in [5.74, 6) is 1.21. The van der Waals surface area contributed by atoms with Crippen molar-refractivity contribution in [3.05, 3.63) is 11.9 Å². The highest BCUT2D eigenvalue weighted by Crippen LogP contribution is 2.43. The molecule has 136 valence electrons. The molecule has 0 aromatic heterocycles. The molecule has 4 unspecified atom stereocenters. The number of urea groups is 1. The van der Waals surface area contributed by atoms with Crippen LogP contribution in [-0.2, 0) is 4.79 Å². The fraction of sp³-hybridized carbons (Fsp3) is 0.722. The van der Waals surface area contributed by atoms with Gasteiger partial charge in [0, 0.05) is 25.0 Å². The first-order valence-electron chi connectivity index (χ1n) is 9.09. The Morgan fingerprint density at radius 3 is 2.68 bits per heavy atom. The van der Waals surface area contributed by atoms with Crippen molar-refractivity contribution in [3.63, 3.8) is 0 Å². The number of nitrogens with one attached hydrogen (secondary N) is 1. The number of likely N-dealkylation sites (N-methyl/N-ethyl adjacent to an activating group) is 1. The van der Waals surface area contributed by atoms with E-state index in [0.29, 0.717) is 17.4 Å². The fourth-order valence-corrected chi connectivity index (χ4v) is 5.16. The second kappa shape index (κ2) is 5.22. The standard InChI is InChI=1S/C18H27N5O2/c1-10-6-12(8-18(3,4)7-10)23-11(2)9-22-13-14(19-16(22)23)21(5)17(25)20-15(13)24/h9-10,12-14H,6-8H2,1-5H3,(H,20,24,25). The first-order chi connectivity index (χ1) is 11.7. The summed E-state index contributed by atoms with van der Waals surface area (Å²) >= 11 is 0. The number of amides is 3. The van der Waals surface area contributed by atoms with Gasteiger partial charge >= 0.3 is 6.03 Å². The minimum Gasteiger partial charge on any atom is -0.312 e. The highest BCUT2D eigenvalue weighted by molar-refractivity contribution is 6.04. The van der Waals surface area contributed by atoms with E-state index in [2.05, 4.69) is 37.9 Å². The lowest BCUT2D eigenvalue weighted by atomic mass is 9.70. The molecule has 2 fully saturated rings. The summed E-state index contributed by atoms with van der Waals surface area (Å²) in [7, 11) is 1.69. The number of rotatable bonds is 1. The monoisotopic (exact) mass is 345 g/mol. The van der Waals surface area contributed by atoms with Gasteiger partial charge < -0.3 is 14.7 Å². The number of allylic oxidation sites excluding steroid dienone is 1. The Hall–Kier alpha value is -2.05. The van der Waals surface area contributed by atoms with Crippen LogP contribution in [0.25, 0.3) is 0 Å². The van der Waals surface area contributed by atoms with Crippen LogP contribution >= 0.6 is 0 Å². The number of aliphatic imine (C=N–C) groups is 1. The third-order valence-electron chi connectivity index (χ3n) is 5.93. The zero-order chi connectivity index (χ0) is 18.1. The molecule has 4 rings (SSSR count). The maximum atomic E-state index is 12.4. The Kier molecular flexibility index (Phi) is 3.43. The molecule has 0 aromatic carbocycles. The summed E-state index contributed by atoms with van der Waals surface area (Å²) in [6.45, 7) is 9.06. The van der Waals surface area contributed by atoms with Crippen molar-refractivity contribution in [2.45, 2.75) is 65.2 Å². The second-order valence-electron chi connectivity index (χ2n) is 8.81. The van der Waals surface area contributed by atoms with Crippen molar-refractivity contribution in [2.24, 2.45) is 16.3 Å². The largest absolute Gasteiger partial charge is 0.325 e. The van der Waals surface area contributed by atoms with Crippen LogP contribution in [0.5, 0.6) is 0 Å². The van der Waals surface area contributed by atoms with Gasteiger partial charge in [0.1, 0.15) is 0 Å². The van der Waals surface area contributed by atoms with Gasteiger partial charge in [-0.1, -0.05) is 20.8 Å². The topological polar surface area (TPSA) is 68.2 Å². The Bertz CT molecular complexity index is 698. The molecule has 25 heavy (non-hydrogen) atoms. The average molecular weight is 345 g/mol. The lowest BCUT2D eigenvalue weighted by Crippen LogP contribution is -2.62. The van der Waals surface area contributed by atoms with E-state index in [0.717, 1.165) is 24.5 Å². The van der Waals surface area contributed by atoms with E-state index < -0.39 is 12.2 Å². The normalized spacial score (nSPS) is 36.8. The third kappa shape index (κ3) is 2.43. The molecule has 4 aliphatic rings. The molecule has 0 bridgehead atoms. The van der Waals surface area contributed by atoms with Gasteiger partial charge in [0.15, 0.2) is 12.2 Å². The van der Waals surface area contributed by atoms with Crippen molar-refractivity contribution in [3.8, 4) is 0 Å². The van der Waals surface area contributed by atoms with Crippen molar-refractivity contribution in [2.75, 3.05) is 7.05 Å². The summed E-state index contributed by atoms with van der Waals surface area (Å²) in [6.07, 6.45) is 5.03. The van der Waals surface area contributed by atoms with Crippen molar-refractivity contribution >= 4 is 17.9 Å². The maximum absolute atomic E-state index is 12.4. The van der Waals surface area contributed by atoms with E-state index in [1.807, 2.05) is 11.1 Å². The molecule has 1 saturated carbocycles. The number of guanidine groups is 1. The van der Waals surface area contributed by atoms with Gasteiger partial charge in [0.25, 0.3) is 5.91 Å². The minimum absolute atomic E-state index is 0.268. The molecule has 3 aliphatic heterocycles. The highest BCUT2D eigenvalue weighted by Gasteiger charge is 2.52. The van der Waals surface area contributed by atoms with Crippen molar-refractivity contribution in [1.29, 1.82) is 0 Å². The number of fused-ring (bicyclic) bond motifs is 3. The van der Waals surface area contributed by atoms with E-state index in [9.17, 15) is 9.59 Å². The minimum atomic E-state index is -0.466. The Balaban J connectivity index is 1.67. The molecule has 0 spiro atoms. The number of nitrogens with zero attached hydrogens (tertiary/aromatic N) is 4. The quantitative estimate of drug-likeness (QED) is 0.788. The van der Waals surface area contributed by atoms with E-state index in [1.54, 1.807) is 7.05 Å². The summed E-state index contributed by atoms with van der Waals surface area (Å²) in [4.78, 5) is 34.9. The van der Waals surface area contributed by atoms with Crippen molar-refractivity contribution in [1.82, 2.24) is 20.0 Å².